The van der Waals surface area contributed by atoms with Gasteiger partial charge in [0.15, 0.2) is 19.9 Å². The molecule has 6 nitrogen and oxygen atoms in total. The van der Waals surface area contributed by atoms with Crippen molar-refractivity contribution in [3.05, 3.63) is 52.3 Å². The minimum Gasteiger partial charge on any atom is -0.496 e. The number of carbonyl (C=O) groups excluding carboxylic acids is 2. The van der Waals surface area contributed by atoms with Crippen LogP contribution in [-0.2, 0) is 22.0 Å². The molecule has 0 spiro atoms. The molecule has 0 unspecified atom stereocenters. The van der Waals surface area contributed by atoms with Crippen molar-refractivity contribution in [3.63, 3.8) is 0 Å². The Kier molecular flexibility index (Phi) is 8.02. The number of rotatable bonds is 9. The molecule has 0 aliphatic heterocycles. The van der Waals surface area contributed by atoms with Crippen LogP contribution in [-0.4, -0.2) is 52.4 Å². The lowest BCUT2D eigenvalue weighted by atomic mass is 9.86. The minimum absolute atomic E-state index is 0.0127. The molecule has 0 heterocycles. The number of allylic oxidation sites excluding steroid dienone is 3. The predicted octanol–water partition coefficient (Wildman–Crippen LogP) is 4.26. The third-order valence-corrected chi connectivity index (χ3v) is 10.6. The van der Waals surface area contributed by atoms with Gasteiger partial charge < -0.3 is 19.0 Å². The molecule has 0 saturated carbocycles. The maximum Gasteiger partial charge on any atom is 0.228 e. The molecule has 1 N–H and O–H groups in total. The third kappa shape index (κ3) is 5.34. The van der Waals surface area contributed by atoms with Gasteiger partial charge in [0, 0.05) is 23.8 Å². The topological polar surface area (TPSA) is 82.1 Å². The number of aliphatic hydroxyl groups excluding tert-OH is 1. The SMILES string of the molecule is COC1=CC(=O)c2c(cc(C/C=C/CO[Si](C)(C)C(C)(C)C)c(CCO)c2OC)C1=O. The second-order valence-corrected chi connectivity index (χ2v) is 13.9. The molecule has 0 radical (unpaired) electrons. The fourth-order valence-corrected chi connectivity index (χ4v) is 4.21. The van der Waals surface area contributed by atoms with Gasteiger partial charge in [-0.15, -0.1) is 0 Å². The van der Waals surface area contributed by atoms with Crippen LogP contribution in [0.1, 0.15) is 52.6 Å². The van der Waals surface area contributed by atoms with E-state index in [1.54, 1.807) is 6.07 Å². The molecule has 0 fully saturated rings. The minimum atomic E-state index is -1.83. The van der Waals surface area contributed by atoms with E-state index >= 15 is 0 Å². The maximum absolute atomic E-state index is 12.8. The monoisotopic (exact) mass is 446 g/mol. The van der Waals surface area contributed by atoms with Gasteiger partial charge in [0.05, 0.1) is 26.4 Å². The summed E-state index contributed by atoms with van der Waals surface area (Å²) in [5.74, 6) is -0.333. The first-order valence-corrected chi connectivity index (χ1v) is 13.4. The number of aliphatic hydroxyl groups is 1. The number of hydrogen-bond acceptors (Lipinski definition) is 6. The zero-order valence-electron chi connectivity index (χ0n) is 19.6. The Morgan fingerprint density at radius 1 is 1.10 bits per heavy atom. The van der Waals surface area contributed by atoms with Crippen LogP contribution in [0.15, 0.2) is 30.1 Å². The lowest BCUT2D eigenvalue weighted by molar-refractivity contribution is 0.0914. The molecule has 0 aromatic heterocycles. The van der Waals surface area contributed by atoms with Crippen molar-refractivity contribution in [2.75, 3.05) is 27.4 Å². The molecule has 0 saturated heterocycles. The van der Waals surface area contributed by atoms with Gasteiger partial charge in [-0.3, -0.25) is 9.59 Å². The fraction of sp³-hybridized carbons (Fsp3) is 0.500. The number of carbonyl (C=O) groups is 2. The molecule has 170 valence electrons. The largest absolute Gasteiger partial charge is 0.496 e. The Bertz CT molecular complexity index is 906. The van der Waals surface area contributed by atoms with E-state index < -0.39 is 8.32 Å². The lowest BCUT2D eigenvalue weighted by Crippen LogP contribution is -2.40. The van der Waals surface area contributed by atoms with Crippen LogP contribution in [0, 0.1) is 0 Å². The van der Waals surface area contributed by atoms with E-state index in [2.05, 4.69) is 33.9 Å². The Hall–Kier alpha value is -2.22. The van der Waals surface area contributed by atoms with E-state index in [1.807, 2.05) is 12.2 Å². The predicted molar refractivity (Wildman–Crippen MR) is 124 cm³/mol. The first kappa shape index (κ1) is 25.0. The summed E-state index contributed by atoms with van der Waals surface area (Å²) < 4.78 is 16.8. The number of hydrogen-bond donors (Lipinski definition) is 1. The van der Waals surface area contributed by atoms with Crippen molar-refractivity contribution in [1.29, 1.82) is 0 Å². The van der Waals surface area contributed by atoms with Crippen molar-refractivity contribution in [2.45, 2.75) is 51.7 Å². The quantitative estimate of drug-likeness (QED) is 0.451. The highest BCUT2D eigenvalue weighted by Crippen LogP contribution is 2.37. The number of methoxy groups -OCH3 is 2. The summed E-state index contributed by atoms with van der Waals surface area (Å²) in [5.41, 5.74) is 2.05. The number of Topliss-reactive ketones (excluding diaryl/α,β-unsaturated/α-hetero) is 1. The van der Waals surface area contributed by atoms with Gasteiger partial charge in [0.2, 0.25) is 5.78 Å². The highest BCUT2D eigenvalue weighted by Gasteiger charge is 2.36. The molecule has 2 rings (SSSR count). The molecular formula is C24H34O6Si. The molecule has 1 aromatic rings. The van der Waals surface area contributed by atoms with E-state index in [4.69, 9.17) is 13.9 Å². The summed E-state index contributed by atoms with van der Waals surface area (Å²) in [6.07, 6.45) is 5.99. The molecule has 0 bridgehead atoms. The van der Waals surface area contributed by atoms with Crippen LogP contribution in [0.5, 0.6) is 5.75 Å². The molecule has 1 aliphatic rings. The van der Waals surface area contributed by atoms with E-state index in [0.29, 0.717) is 25.2 Å². The second-order valence-electron chi connectivity index (χ2n) is 9.10. The number of ketones is 2. The van der Waals surface area contributed by atoms with Crippen LogP contribution in [0.3, 0.4) is 0 Å². The summed E-state index contributed by atoms with van der Waals surface area (Å²) in [7, 11) is 1.01. The van der Waals surface area contributed by atoms with E-state index in [1.165, 1.54) is 20.3 Å². The normalized spacial score (nSPS) is 14.6. The van der Waals surface area contributed by atoms with Gasteiger partial charge in [-0.05, 0) is 42.6 Å². The van der Waals surface area contributed by atoms with Crippen molar-refractivity contribution >= 4 is 19.9 Å². The Morgan fingerprint density at radius 2 is 1.77 bits per heavy atom. The van der Waals surface area contributed by atoms with Gasteiger partial charge in [-0.1, -0.05) is 32.9 Å². The van der Waals surface area contributed by atoms with Crippen molar-refractivity contribution in [3.8, 4) is 5.75 Å². The van der Waals surface area contributed by atoms with E-state index in [9.17, 15) is 14.7 Å². The van der Waals surface area contributed by atoms with Gasteiger partial charge >= 0.3 is 0 Å². The van der Waals surface area contributed by atoms with Crippen LogP contribution in [0.25, 0.3) is 0 Å². The second kappa shape index (κ2) is 9.93. The summed E-state index contributed by atoms with van der Waals surface area (Å²) in [5, 5.41) is 9.71. The fourth-order valence-electron chi connectivity index (χ4n) is 3.26. The molecular weight excluding hydrogens is 412 g/mol. The Balaban J connectivity index is 2.35. The number of benzene rings is 1. The van der Waals surface area contributed by atoms with Crippen molar-refractivity contribution in [1.82, 2.24) is 0 Å². The van der Waals surface area contributed by atoms with Crippen LogP contribution in [0.2, 0.25) is 18.1 Å². The van der Waals surface area contributed by atoms with Crippen molar-refractivity contribution < 1.29 is 28.6 Å². The van der Waals surface area contributed by atoms with Gasteiger partial charge in [0.1, 0.15) is 5.75 Å². The molecule has 1 aromatic carbocycles. The van der Waals surface area contributed by atoms with Gasteiger partial charge in [0.25, 0.3) is 0 Å². The van der Waals surface area contributed by atoms with Gasteiger partial charge in [-0.2, -0.15) is 0 Å². The smallest absolute Gasteiger partial charge is 0.228 e. The average Bonchev–Trinajstić information content (AvgIpc) is 2.69. The first-order chi connectivity index (χ1) is 14.5. The summed E-state index contributed by atoms with van der Waals surface area (Å²) in [4.78, 5) is 25.4. The van der Waals surface area contributed by atoms with E-state index in [-0.39, 0.29) is 40.1 Å². The summed E-state index contributed by atoms with van der Waals surface area (Å²) in [6.45, 7) is 11.4. The third-order valence-electron chi connectivity index (χ3n) is 6.09. The number of fused-ring (bicyclic) bond motifs is 1. The first-order valence-electron chi connectivity index (χ1n) is 10.5. The number of ether oxygens (including phenoxy) is 2. The summed E-state index contributed by atoms with van der Waals surface area (Å²) in [6, 6.07) is 1.72. The van der Waals surface area contributed by atoms with Gasteiger partial charge in [-0.25, -0.2) is 0 Å². The van der Waals surface area contributed by atoms with E-state index in [0.717, 1.165) is 11.1 Å². The maximum atomic E-state index is 12.8. The lowest BCUT2D eigenvalue weighted by Gasteiger charge is -2.35. The Labute approximate surface area is 186 Å². The van der Waals surface area contributed by atoms with Crippen molar-refractivity contribution in [2.24, 2.45) is 0 Å². The average molecular weight is 447 g/mol. The summed E-state index contributed by atoms with van der Waals surface area (Å²) >= 11 is 0. The molecule has 0 amide bonds. The molecule has 31 heavy (non-hydrogen) atoms. The zero-order valence-corrected chi connectivity index (χ0v) is 20.6. The van der Waals surface area contributed by atoms with Crippen LogP contribution < -0.4 is 4.74 Å². The zero-order chi connectivity index (χ0) is 23.4. The molecule has 0 atom stereocenters. The highest BCUT2D eigenvalue weighted by molar-refractivity contribution is 6.74. The van der Waals surface area contributed by atoms with Crippen LogP contribution in [0.4, 0.5) is 0 Å². The van der Waals surface area contributed by atoms with Crippen LogP contribution >= 0.6 is 0 Å². The highest BCUT2D eigenvalue weighted by atomic mass is 28.4. The Morgan fingerprint density at radius 3 is 2.32 bits per heavy atom. The standard InChI is InChI=1S/C24H34O6Si/c1-24(2,3)31(6,7)30-13-9-8-10-16-14-18-21(23(29-5)17(16)11-12-25)19(26)15-20(28-4)22(18)27/h8-9,14-15,25H,10-13H2,1-7H3/b9-8+. The molecule has 1 aliphatic carbocycles. The molecule has 7 heteroatoms.